The standard InChI is InChI=1S/C26H33NO2/c1-17(28)29-20-10-12-25(2)19(15-20)6-7-21-23-9-8-22(18-5-4-14-27-16-18)26(23,3)13-11-24(21)25/h4-7,10,12,14,16,19-24H,8-9,11,13,15H2,1-3H3/t19?,20?,21-,22?,23-,24+,25-,26+/m0/s1. The van der Waals surface area contributed by atoms with Gasteiger partial charge in [-0.3, -0.25) is 9.78 Å². The molecule has 5 rings (SSSR count). The third-order valence-corrected chi connectivity index (χ3v) is 9.06. The first kappa shape index (κ1) is 19.1. The van der Waals surface area contributed by atoms with Crippen molar-refractivity contribution in [3.8, 4) is 0 Å². The van der Waals surface area contributed by atoms with Crippen molar-refractivity contribution in [1.82, 2.24) is 4.98 Å². The van der Waals surface area contributed by atoms with Crippen LogP contribution in [0.15, 0.2) is 48.8 Å². The fourth-order valence-electron chi connectivity index (χ4n) is 7.59. The Bertz CT molecular complexity index is 846. The van der Waals surface area contributed by atoms with Crippen molar-refractivity contribution in [3.05, 3.63) is 54.4 Å². The van der Waals surface area contributed by atoms with Crippen LogP contribution in [0.4, 0.5) is 0 Å². The maximum Gasteiger partial charge on any atom is 0.303 e. The van der Waals surface area contributed by atoms with E-state index in [0.29, 0.717) is 29.1 Å². The van der Waals surface area contributed by atoms with Gasteiger partial charge in [0, 0.05) is 19.3 Å². The minimum Gasteiger partial charge on any atom is -0.458 e. The van der Waals surface area contributed by atoms with Crippen LogP contribution in [0, 0.1) is 34.5 Å². The molecular formula is C26H33NO2. The molecule has 2 fully saturated rings. The number of esters is 1. The van der Waals surface area contributed by atoms with Gasteiger partial charge >= 0.3 is 5.97 Å². The van der Waals surface area contributed by atoms with Gasteiger partial charge in [0.25, 0.3) is 0 Å². The third-order valence-electron chi connectivity index (χ3n) is 9.06. The lowest BCUT2D eigenvalue weighted by molar-refractivity contribution is -0.145. The highest BCUT2D eigenvalue weighted by Crippen LogP contribution is 2.67. The van der Waals surface area contributed by atoms with Crippen LogP contribution in [0.3, 0.4) is 0 Å². The van der Waals surface area contributed by atoms with E-state index in [-0.39, 0.29) is 17.5 Å². The number of ether oxygens (including phenoxy) is 1. The summed E-state index contributed by atoms with van der Waals surface area (Å²) in [5.41, 5.74) is 1.99. The van der Waals surface area contributed by atoms with Gasteiger partial charge in [-0.05, 0) is 90.2 Å². The molecule has 0 bridgehead atoms. The molecule has 3 heteroatoms. The summed E-state index contributed by atoms with van der Waals surface area (Å²) >= 11 is 0. The van der Waals surface area contributed by atoms with Crippen molar-refractivity contribution in [2.45, 2.75) is 64.9 Å². The molecule has 0 aliphatic heterocycles. The number of pyridine rings is 1. The van der Waals surface area contributed by atoms with E-state index in [1.54, 1.807) is 0 Å². The van der Waals surface area contributed by atoms with E-state index in [1.807, 2.05) is 6.20 Å². The largest absolute Gasteiger partial charge is 0.458 e. The number of carbonyl (C=O) groups excluding carboxylic acids is 1. The van der Waals surface area contributed by atoms with Crippen molar-refractivity contribution < 1.29 is 9.53 Å². The van der Waals surface area contributed by atoms with E-state index >= 15 is 0 Å². The molecule has 0 N–H and O–H groups in total. The van der Waals surface area contributed by atoms with Gasteiger partial charge in [-0.1, -0.05) is 38.1 Å². The second-order valence-corrected chi connectivity index (χ2v) is 10.4. The number of hydrogen-bond acceptors (Lipinski definition) is 3. The van der Waals surface area contributed by atoms with Gasteiger partial charge in [0.15, 0.2) is 0 Å². The van der Waals surface area contributed by atoms with Gasteiger partial charge in [-0.2, -0.15) is 0 Å². The van der Waals surface area contributed by atoms with E-state index in [9.17, 15) is 4.79 Å². The lowest BCUT2D eigenvalue weighted by Gasteiger charge is -2.57. The van der Waals surface area contributed by atoms with Gasteiger partial charge in [0.1, 0.15) is 6.10 Å². The molecule has 3 nitrogen and oxygen atoms in total. The highest BCUT2D eigenvalue weighted by molar-refractivity contribution is 5.66. The van der Waals surface area contributed by atoms with Crippen molar-refractivity contribution >= 4 is 5.97 Å². The second-order valence-electron chi connectivity index (χ2n) is 10.4. The molecule has 29 heavy (non-hydrogen) atoms. The number of fused-ring (bicyclic) bond motifs is 5. The molecule has 3 unspecified atom stereocenters. The summed E-state index contributed by atoms with van der Waals surface area (Å²) in [6.07, 6.45) is 19.6. The molecule has 0 amide bonds. The Labute approximate surface area is 174 Å². The predicted molar refractivity (Wildman–Crippen MR) is 114 cm³/mol. The Balaban J connectivity index is 1.42. The third kappa shape index (κ3) is 2.92. The fraction of sp³-hybridized carbons (Fsp3) is 0.615. The predicted octanol–water partition coefficient (Wildman–Crippen LogP) is 5.69. The average Bonchev–Trinajstić information content (AvgIpc) is 3.06. The SMILES string of the molecule is CC(=O)OC1C=C[C@@]2(C)C(C=C[C@@H]3[C@H]2CC[C@]2(C)C(c4cccnc4)CC[C@@H]32)C1. The average molecular weight is 392 g/mol. The Morgan fingerprint density at radius 1 is 1.14 bits per heavy atom. The molecule has 0 radical (unpaired) electrons. The quantitative estimate of drug-likeness (QED) is 0.480. The summed E-state index contributed by atoms with van der Waals surface area (Å²) in [7, 11) is 0. The lowest BCUT2D eigenvalue weighted by Crippen LogP contribution is -2.50. The van der Waals surface area contributed by atoms with E-state index in [1.165, 1.54) is 38.2 Å². The molecule has 4 aliphatic carbocycles. The van der Waals surface area contributed by atoms with Crippen molar-refractivity contribution in [3.63, 3.8) is 0 Å². The van der Waals surface area contributed by atoms with Gasteiger partial charge in [-0.25, -0.2) is 0 Å². The van der Waals surface area contributed by atoms with Crippen LogP contribution in [0.5, 0.6) is 0 Å². The Hall–Kier alpha value is -1.90. The number of rotatable bonds is 2. The number of nitrogens with zero attached hydrogens (tertiary/aromatic N) is 1. The fourth-order valence-corrected chi connectivity index (χ4v) is 7.59. The van der Waals surface area contributed by atoms with Crippen LogP contribution in [0.2, 0.25) is 0 Å². The van der Waals surface area contributed by atoms with Crippen LogP contribution in [0.1, 0.15) is 64.4 Å². The van der Waals surface area contributed by atoms with Crippen LogP contribution in [-0.2, 0) is 9.53 Å². The Kier molecular flexibility index (Phi) is 4.49. The molecule has 0 saturated heterocycles. The smallest absolute Gasteiger partial charge is 0.303 e. The zero-order valence-corrected chi connectivity index (χ0v) is 17.9. The maximum atomic E-state index is 11.4. The summed E-state index contributed by atoms with van der Waals surface area (Å²) in [5, 5.41) is 0. The van der Waals surface area contributed by atoms with Gasteiger partial charge in [0.2, 0.25) is 0 Å². The molecule has 0 spiro atoms. The van der Waals surface area contributed by atoms with Crippen LogP contribution in [-0.4, -0.2) is 17.1 Å². The zero-order valence-electron chi connectivity index (χ0n) is 17.9. The summed E-state index contributed by atoms with van der Waals surface area (Å²) < 4.78 is 5.50. The molecule has 8 atom stereocenters. The van der Waals surface area contributed by atoms with E-state index in [4.69, 9.17) is 4.74 Å². The monoisotopic (exact) mass is 391 g/mol. The van der Waals surface area contributed by atoms with Gasteiger partial charge in [-0.15, -0.1) is 0 Å². The molecule has 0 aromatic carbocycles. The molecule has 1 heterocycles. The molecule has 1 aromatic heterocycles. The normalized spacial score (nSPS) is 45.2. The van der Waals surface area contributed by atoms with E-state index < -0.39 is 0 Å². The topological polar surface area (TPSA) is 39.2 Å². The first-order chi connectivity index (χ1) is 13.9. The van der Waals surface area contributed by atoms with Crippen LogP contribution in [0.25, 0.3) is 0 Å². The number of hydrogen-bond donors (Lipinski definition) is 0. The molecule has 154 valence electrons. The molecule has 4 aliphatic rings. The highest BCUT2D eigenvalue weighted by Gasteiger charge is 2.58. The zero-order chi connectivity index (χ0) is 20.2. The molecule has 1 aromatic rings. The first-order valence-corrected chi connectivity index (χ1v) is 11.4. The minimum atomic E-state index is -0.179. The van der Waals surface area contributed by atoms with Crippen molar-refractivity contribution in [2.75, 3.05) is 0 Å². The van der Waals surface area contributed by atoms with Gasteiger partial charge < -0.3 is 4.74 Å². The summed E-state index contributed by atoms with van der Waals surface area (Å²) in [6, 6.07) is 4.38. The van der Waals surface area contributed by atoms with E-state index in [2.05, 4.69) is 61.5 Å². The van der Waals surface area contributed by atoms with Crippen LogP contribution < -0.4 is 0 Å². The van der Waals surface area contributed by atoms with Gasteiger partial charge in [0.05, 0.1) is 0 Å². The minimum absolute atomic E-state index is 0.0675. The second kappa shape index (κ2) is 6.82. The summed E-state index contributed by atoms with van der Waals surface area (Å²) in [4.78, 5) is 15.8. The summed E-state index contributed by atoms with van der Waals surface area (Å²) in [6.45, 7) is 6.51. The first-order valence-electron chi connectivity index (χ1n) is 11.4. The van der Waals surface area contributed by atoms with E-state index in [0.717, 1.165) is 12.3 Å². The number of aromatic nitrogens is 1. The summed E-state index contributed by atoms with van der Waals surface area (Å²) in [5.74, 6) is 3.03. The highest BCUT2D eigenvalue weighted by atomic mass is 16.5. The lowest BCUT2D eigenvalue weighted by atomic mass is 9.47. The maximum absolute atomic E-state index is 11.4. The Morgan fingerprint density at radius 3 is 2.76 bits per heavy atom. The van der Waals surface area contributed by atoms with Crippen molar-refractivity contribution in [1.29, 1.82) is 0 Å². The van der Waals surface area contributed by atoms with Crippen molar-refractivity contribution in [2.24, 2.45) is 34.5 Å². The number of carbonyl (C=O) groups is 1. The van der Waals surface area contributed by atoms with Crippen LogP contribution >= 0.6 is 0 Å². The molecule has 2 saturated carbocycles. The Morgan fingerprint density at radius 2 is 2.00 bits per heavy atom. The molecular weight excluding hydrogens is 358 g/mol. The number of allylic oxidation sites excluding steroid dienone is 3.